The van der Waals surface area contributed by atoms with Gasteiger partial charge in [0, 0.05) is 45.4 Å². The molecule has 0 saturated carbocycles. The number of hydrogen-bond acceptors (Lipinski definition) is 3. The summed E-state index contributed by atoms with van der Waals surface area (Å²) < 4.78 is 5.03. The highest BCUT2D eigenvalue weighted by Gasteiger charge is 2.02. The molecule has 0 aliphatic carbocycles. The molecule has 1 aromatic carbocycles. The molecular weight excluding hydrogens is 403 g/mol. The number of rotatable bonds is 7. The van der Waals surface area contributed by atoms with Crippen LogP contribution in [0, 0.1) is 0 Å². The van der Waals surface area contributed by atoms with E-state index in [1.165, 1.54) is 10.9 Å². The van der Waals surface area contributed by atoms with Crippen LogP contribution in [0.5, 0.6) is 0 Å². The smallest absolute Gasteiger partial charge is 0.190 e. The van der Waals surface area contributed by atoms with Crippen LogP contribution >= 0.6 is 24.0 Å². The maximum Gasteiger partial charge on any atom is 0.190 e. The lowest BCUT2D eigenvalue weighted by molar-refractivity contribution is 0.195. The zero-order valence-electron chi connectivity index (χ0n) is 13.7. The number of halogens is 1. The van der Waals surface area contributed by atoms with Crippen LogP contribution in [0.4, 0.5) is 0 Å². The molecule has 0 aliphatic heterocycles. The minimum Gasteiger partial charge on any atom is -0.385 e. The largest absolute Gasteiger partial charge is 0.385 e. The Labute approximate surface area is 155 Å². The SMILES string of the molecule is CN=C(NCCCOC)NCCc1cccc2cccnc12.I. The van der Waals surface area contributed by atoms with Crippen LogP contribution in [0.15, 0.2) is 41.5 Å². The Kier molecular flexibility index (Phi) is 9.54. The molecule has 2 rings (SSSR count). The van der Waals surface area contributed by atoms with Crippen LogP contribution in [0.1, 0.15) is 12.0 Å². The lowest BCUT2D eigenvalue weighted by atomic mass is 10.1. The molecule has 0 bridgehead atoms. The number of fused-ring (bicyclic) bond motifs is 1. The fourth-order valence-corrected chi connectivity index (χ4v) is 2.33. The quantitative estimate of drug-likeness (QED) is 0.308. The van der Waals surface area contributed by atoms with E-state index < -0.39 is 0 Å². The molecule has 0 aliphatic rings. The molecule has 126 valence electrons. The predicted molar refractivity (Wildman–Crippen MR) is 107 cm³/mol. The number of para-hydroxylation sites is 1. The van der Waals surface area contributed by atoms with Gasteiger partial charge in [-0.15, -0.1) is 24.0 Å². The number of nitrogens with one attached hydrogen (secondary N) is 2. The summed E-state index contributed by atoms with van der Waals surface area (Å²) in [6, 6.07) is 10.4. The molecule has 0 fully saturated rings. The second kappa shape index (κ2) is 11.2. The minimum atomic E-state index is 0. The van der Waals surface area contributed by atoms with E-state index in [0.717, 1.165) is 44.0 Å². The summed E-state index contributed by atoms with van der Waals surface area (Å²) in [5.74, 6) is 0.823. The maximum absolute atomic E-state index is 5.03. The number of pyridine rings is 1. The molecule has 0 atom stereocenters. The molecular formula is C17H25IN4O. The molecule has 0 radical (unpaired) electrons. The lowest BCUT2D eigenvalue weighted by Gasteiger charge is -2.12. The van der Waals surface area contributed by atoms with E-state index in [4.69, 9.17) is 4.74 Å². The fourth-order valence-electron chi connectivity index (χ4n) is 2.33. The number of nitrogens with zero attached hydrogens (tertiary/aromatic N) is 2. The molecule has 2 aromatic rings. The van der Waals surface area contributed by atoms with Gasteiger partial charge in [0.15, 0.2) is 5.96 Å². The highest BCUT2D eigenvalue weighted by atomic mass is 127. The van der Waals surface area contributed by atoms with Gasteiger partial charge < -0.3 is 15.4 Å². The van der Waals surface area contributed by atoms with E-state index in [0.29, 0.717) is 0 Å². The number of aromatic nitrogens is 1. The topological polar surface area (TPSA) is 58.5 Å². The average molecular weight is 428 g/mol. The number of methoxy groups -OCH3 is 1. The summed E-state index contributed by atoms with van der Waals surface area (Å²) in [6.07, 6.45) is 3.72. The van der Waals surface area contributed by atoms with Gasteiger partial charge in [0.25, 0.3) is 0 Å². The molecule has 2 N–H and O–H groups in total. The third-order valence-corrected chi connectivity index (χ3v) is 3.44. The summed E-state index contributed by atoms with van der Waals surface area (Å²) in [5.41, 5.74) is 2.33. The van der Waals surface area contributed by atoms with Crippen LogP contribution in [0.3, 0.4) is 0 Å². The number of guanidine groups is 1. The molecule has 1 aromatic heterocycles. The van der Waals surface area contributed by atoms with E-state index >= 15 is 0 Å². The Morgan fingerprint density at radius 2 is 1.96 bits per heavy atom. The molecule has 0 saturated heterocycles. The maximum atomic E-state index is 5.03. The van der Waals surface area contributed by atoms with E-state index in [-0.39, 0.29) is 24.0 Å². The van der Waals surface area contributed by atoms with E-state index in [1.54, 1.807) is 14.2 Å². The highest BCUT2D eigenvalue weighted by Crippen LogP contribution is 2.15. The highest BCUT2D eigenvalue weighted by molar-refractivity contribution is 14.0. The van der Waals surface area contributed by atoms with Crippen molar-refractivity contribution < 1.29 is 4.74 Å². The fraction of sp³-hybridized carbons (Fsp3) is 0.412. The normalized spacial score (nSPS) is 11.1. The van der Waals surface area contributed by atoms with E-state index in [1.807, 2.05) is 12.3 Å². The summed E-state index contributed by atoms with van der Waals surface area (Å²) in [6.45, 7) is 2.43. The number of hydrogen-bond donors (Lipinski definition) is 2. The summed E-state index contributed by atoms with van der Waals surface area (Å²) >= 11 is 0. The first-order valence-electron chi connectivity index (χ1n) is 7.61. The molecule has 0 spiro atoms. The monoisotopic (exact) mass is 428 g/mol. The number of aliphatic imine (C=N–C) groups is 1. The second-order valence-corrected chi connectivity index (χ2v) is 5.01. The minimum absolute atomic E-state index is 0. The first-order valence-corrected chi connectivity index (χ1v) is 7.61. The zero-order valence-corrected chi connectivity index (χ0v) is 16.0. The van der Waals surface area contributed by atoms with Crippen LogP contribution in [-0.2, 0) is 11.2 Å². The van der Waals surface area contributed by atoms with Crippen LogP contribution in [0.25, 0.3) is 10.9 Å². The number of ether oxygens (including phenoxy) is 1. The predicted octanol–water partition coefficient (Wildman–Crippen LogP) is 2.60. The Morgan fingerprint density at radius 3 is 2.74 bits per heavy atom. The zero-order chi connectivity index (χ0) is 15.6. The van der Waals surface area contributed by atoms with Gasteiger partial charge in [-0.1, -0.05) is 24.3 Å². The van der Waals surface area contributed by atoms with Crippen LogP contribution in [-0.4, -0.2) is 44.8 Å². The van der Waals surface area contributed by atoms with Crippen molar-refractivity contribution in [2.45, 2.75) is 12.8 Å². The van der Waals surface area contributed by atoms with E-state index in [9.17, 15) is 0 Å². The van der Waals surface area contributed by atoms with Crippen molar-refractivity contribution in [2.75, 3.05) is 33.9 Å². The van der Waals surface area contributed by atoms with Crippen molar-refractivity contribution >= 4 is 40.8 Å². The van der Waals surface area contributed by atoms with Crippen molar-refractivity contribution in [3.63, 3.8) is 0 Å². The van der Waals surface area contributed by atoms with Gasteiger partial charge in [0.05, 0.1) is 5.52 Å². The van der Waals surface area contributed by atoms with Gasteiger partial charge in [-0.3, -0.25) is 9.98 Å². The molecule has 23 heavy (non-hydrogen) atoms. The van der Waals surface area contributed by atoms with Crippen molar-refractivity contribution in [3.05, 3.63) is 42.1 Å². The van der Waals surface area contributed by atoms with Crippen molar-refractivity contribution in [2.24, 2.45) is 4.99 Å². The van der Waals surface area contributed by atoms with Crippen molar-refractivity contribution in [1.29, 1.82) is 0 Å². The summed E-state index contributed by atoms with van der Waals surface area (Å²) in [7, 11) is 3.50. The Bertz CT molecular complexity index is 613. The first-order chi connectivity index (χ1) is 10.8. The Hall–Kier alpha value is -1.41. The Balaban J connectivity index is 0.00000264. The van der Waals surface area contributed by atoms with E-state index in [2.05, 4.69) is 44.9 Å². The third kappa shape index (κ3) is 6.31. The number of benzene rings is 1. The molecule has 6 heteroatoms. The standard InChI is InChI=1S/C17H24N4O.HI/c1-18-17(20-11-5-13-22-2)21-12-9-15-7-3-6-14-8-4-10-19-16(14)15;/h3-4,6-8,10H,5,9,11-13H2,1-2H3,(H2,18,20,21);1H. The summed E-state index contributed by atoms with van der Waals surface area (Å²) in [5, 5.41) is 7.78. The van der Waals surface area contributed by atoms with Gasteiger partial charge in [-0.2, -0.15) is 0 Å². The van der Waals surface area contributed by atoms with Crippen LogP contribution in [0.2, 0.25) is 0 Å². The molecule has 1 heterocycles. The van der Waals surface area contributed by atoms with Gasteiger partial charge >= 0.3 is 0 Å². The van der Waals surface area contributed by atoms with Crippen molar-refractivity contribution in [1.82, 2.24) is 15.6 Å². The summed E-state index contributed by atoms with van der Waals surface area (Å²) in [4.78, 5) is 8.70. The van der Waals surface area contributed by atoms with Gasteiger partial charge in [0.2, 0.25) is 0 Å². The first kappa shape index (κ1) is 19.6. The third-order valence-electron chi connectivity index (χ3n) is 3.44. The Morgan fingerprint density at radius 1 is 1.17 bits per heavy atom. The van der Waals surface area contributed by atoms with Crippen LogP contribution < -0.4 is 10.6 Å². The van der Waals surface area contributed by atoms with Gasteiger partial charge in [0.1, 0.15) is 0 Å². The van der Waals surface area contributed by atoms with Gasteiger partial charge in [-0.05, 0) is 24.5 Å². The van der Waals surface area contributed by atoms with Gasteiger partial charge in [-0.25, -0.2) is 0 Å². The molecule has 0 unspecified atom stereocenters. The van der Waals surface area contributed by atoms with Crippen molar-refractivity contribution in [3.8, 4) is 0 Å². The lowest BCUT2D eigenvalue weighted by Crippen LogP contribution is -2.39. The average Bonchev–Trinajstić information content (AvgIpc) is 2.57. The molecule has 5 nitrogen and oxygen atoms in total. The second-order valence-electron chi connectivity index (χ2n) is 5.01. The molecule has 0 amide bonds.